The highest BCUT2D eigenvalue weighted by atomic mass is 32.2. The number of hydrogen-bond donors (Lipinski definition) is 2. The van der Waals surface area contributed by atoms with Gasteiger partial charge < -0.3 is 24.3 Å². The predicted octanol–water partition coefficient (Wildman–Crippen LogP) is 4.37. The number of methoxy groups -OCH3 is 1. The Kier molecular flexibility index (Phi) is 8.08. The van der Waals surface area contributed by atoms with Crippen molar-refractivity contribution in [1.29, 1.82) is 0 Å². The summed E-state index contributed by atoms with van der Waals surface area (Å²) >= 11 is 1.73. The van der Waals surface area contributed by atoms with E-state index in [1.165, 1.54) is 0 Å². The van der Waals surface area contributed by atoms with Gasteiger partial charge in [-0.15, -0.1) is 0 Å². The number of aliphatic hydroxyl groups excluding tert-OH is 2. The number of ether oxygens (including phenoxy) is 1. The van der Waals surface area contributed by atoms with Crippen molar-refractivity contribution in [3.05, 3.63) is 54.4 Å². The largest absolute Gasteiger partial charge is 0.497 e. The van der Waals surface area contributed by atoms with Gasteiger partial charge in [-0.05, 0) is 79.6 Å². The molecule has 1 aliphatic heterocycles. The Morgan fingerprint density at radius 3 is 2.97 bits per heavy atom. The van der Waals surface area contributed by atoms with E-state index >= 15 is 0 Å². The van der Waals surface area contributed by atoms with E-state index < -0.39 is 6.10 Å². The third kappa shape index (κ3) is 5.64. The Hall–Kier alpha value is -2.06. The zero-order chi connectivity index (χ0) is 22.3. The Balaban J connectivity index is 1.31. The molecule has 1 aliphatic rings. The van der Waals surface area contributed by atoms with Crippen molar-refractivity contribution in [2.24, 2.45) is 11.8 Å². The van der Waals surface area contributed by atoms with Crippen LogP contribution in [0.1, 0.15) is 30.9 Å². The summed E-state index contributed by atoms with van der Waals surface area (Å²) in [6.45, 7) is 3.12. The van der Waals surface area contributed by atoms with Crippen molar-refractivity contribution < 1.29 is 19.4 Å². The van der Waals surface area contributed by atoms with Crippen LogP contribution in [0.4, 0.5) is 0 Å². The Labute approximate surface area is 193 Å². The van der Waals surface area contributed by atoms with Gasteiger partial charge in [-0.25, -0.2) is 0 Å². The molecular weight excluding hydrogens is 424 g/mol. The number of thioether (sulfide) groups is 1. The normalized spacial score (nSPS) is 20.5. The highest BCUT2D eigenvalue weighted by Gasteiger charge is 2.29. The van der Waals surface area contributed by atoms with E-state index in [9.17, 15) is 10.2 Å². The molecule has 6 nitrogen and oxygen atoms in total. The number of nitrogens with zero attached hydrogens (tertiary/aromatic N) is 2. The second-order valence-electron chi connectivity index (χ2n) is 8.45. The lowest BCUT2D eigenvalue weighted by Crippen LogP contribution is -2.43. The number of hydrogen-bond acceptors (Lipinski definition) is 7. The number of piperidine rings is 1. The summed E-state index contributed by atoms with van der Waals surface area (Å²) in [4.78, 5) is 6.85. The Morgan fingerprint density at radius 2 is 2.19 bits per heavy atom. The van der Waals surface area contributed by atoms with Crippen molar-refractivity contribution in [3.63, 3.8) is 0 Å². The summed E-state index contributed by atoms with van der Waals surface area (Å²) in [6.07, 6.45) is 5.52. The minimum Gasteiger partial charge on any atom is -0.497 e. The maximum atomic E-state index is 11.0. The van der Waals surface area contributed by atoms with Crippen LogP contribution in [-0.2, 0) is 0 Å². The molecular formula is C25H32N2O4S. The lowest BCUT2D eigenvalue weighted by atomic mass is 9.81. The lowest BCUT2D eigenvalue weighted by molar-refractivity contribution is 0.0608. The molecule has 3 atom stereocenters. The molecule has 3 heterocycles. The van der Waals surface area contributed by atoms with E-state index in [0.717, 1.165) is 65.5 Å². The van der Waals surface area contributed by atoms with Crippen molar-refractivity contribution in [3.8, 4) is 5.75 Å². The number of fused-ring (bicyclic) bond motifs is 1. The first-order valence-corrected chi connectivity index (χ1v) is 12.3. The predicted molar refractivity (Wildman–Crippen MR) is 127 cm³/mol. The standard InChI is InChI=1S/C25H32N2O4S/c1-30-20-5-6-23-22(15-20)21(8-10-26-23)24(29)7-4-18-9-11-27(16-19(18)17-28)12-14-32-25-3-2-13-31-25/h2-3,5-6,8,10,13,15,18-19,24,28-29H,4,7,9,11-12,14,16-17H2,1H3/t18-,19-,24-/m1/s1. The van der Waals surface area contributed by atoms with Gasteiger partial charge in [-0.2, -0.15) is 0 Å². The Morgan fingerprint density at radius 1 is 1.28 bits per heavy atom. The average molecular weight is 457 g/mol. The van der Waals surface area contributed by atoms with Crippen LogP contribution in [-0.4, -0.2) is 59.2 Å². The molecule has 1 fully saturated rings. The summed E-state index contributed by atoms with van der Waals surface area (Å²) in [6, 6.07) is 11.5. The van der Waals surface area contributed by atoms with Gasteiger partial charge >= 0.3 is 0 Å². The molecule has 32 heavy (non-hydrogen) atoms. The molecule has 0 radical (unpaired) electrons. The highest BCUT2D eigenvalue weighted by Crippen LogP contribution is 2.33. The SMILES string of the molecule is COc1ccc2nccc([C@H](O)CC[C@@H]3CCN(CCSc4ccco4)C[C@@H]3CO)c2c1. The third-order valence-electron chi connectivity index (χ3n) is 6.51. The lowest BCUT2D eigenvalue weighted by Gasteiger charge is -2.38. The van der Waals surface area contributed by atoms with Crippen molar-refractivity contribution in [2.75, 3.05) is 39.1 Å². The van der Waals surface area contributed by atoms with Gasteiger partial charge in [0.25, 0.3) is 0 Å². The van der Waals surface area contributed by atoms with E-state index in [0.29, 0.717) is 12.3 Å². The second-order valence-corrected chi connectivity index (χ2v) is 9.55. The molecule has 0 bridgehead atoms. The minimum absolute atomic E-state index is 0.192. The van der Waals surface area contributed by atoms with E-state index in [2.05, 4.69) is 9.88 Å². The van der Waals surface area contributed by atoms with Crippen LogP contribution in [0.2, 0.25) is 0 Å². The zero-order valence-corrected chi connectivity index (χ0v) is 19.3. The topological polar surface area (TPSA) is 79.0 Å². The van der Waals surface area contributed by atoms with Crippen molar-refractivity contribution in [1.82, 2.24) is 9.88 Å². The van der Waals surface area contributed by atoms with Crippen LogP contribution < -0.4 is 4.74 Å². The summed E-state index contributed by atoms with van der Waals surface area (Å²) in [7, 11) is 1.64. The molecule has 3 aromatic rings. The van der Waals surface area contributed by atoms with Crippen LogP contribution in [0.5, 0.6) is 5.75 Å². The molecule has 0 saturated carbocycles. The average Bonchev–Trinajstić information content (AvgIpc) is 3.35. The number of aliphatic hydroxyl groups is 2. The molecule has 2 aromatic heterocycles. The molecule has 0 spiro atoms. The van der Waals surface area contributed by atoms with E-state index in [-0.39, 0.29) is 12.5 Å². The molecule has 0 amide bonds. The van der Waals surface area contributed by atoms with Gasteiger partial charge in [0.1, 0.15) is 5.75 Å². The van der Waals surface area contributed by atoms with Gasteiger partial charge in [0.2, 0.25) is 0 Å². The van der Waals surface area contributed by atoms with E-state index in [4.69, 9.17) is 9.15 Å². The summed E-state index contributed by atoms with van der Waals surface area (Å²) in [5.74, 6) is 2.41. The van der Waals surface area contributed by atoms with Crippen LogP contribution in [0.25, 0.3) is 10.9 Å². The Bertz CT molecular complexity index is 981. The van der Waals surface area contributed by atoms with Gasteiger partial charge in [0.05, 0.1) is 25.0 Å². The van der Waals surface area contributed by atoms with Gasteiger partial charge in [-0.1, -0.05) is 11.8 Å². The van der Waals surface area contributed by atoms with E-state index in [1.807, 2.05) is 36.4 Å². The first kappa shape index (κ1) is 23.1. The molecule has 1 saturated heterocycles. The molecule has 0 unspecified atom stereocenters. The van der Waals surface area contributed by atoms with Crippen molar-refractivity contribution in [2.45, 2.75) is 30.5 Å². The fourth-order valence-electron chi connectivity index (χ4n) is 4.66. The molecule has 172 valence electrons. The summed E-state index contributed by atoms with van der Waals surface area (Å²) in [5.41, 5.74) is 1.75. The highest BCUT2D eigenvalue weighted by molar-refractivity contribution is 7.99. The van der Waals surface area contributed by atoms with E-state index in [1.54, 1.807) is 31.3 Å². The molecule has 1 aromatic carbocycles. The monoisotopic (exact) mass is 456 g/mol. The number of furan rings is 1. The second kappa shape index (κ2) is 11.2. The maximum absolute atomic E-state index is 11.0. The minimum atomic E-state index is -0.560. The first-order valence-electron chi connectivity index (χ1n) is 11.3. The van der Waals surface area contributed by atoms with Crippen LogP contribution in [0, 0.1) is 11.8 Å². The molecule has 0 aliphatic carbocycles. The first-order chi connectivity index (χ1) is 15.7. The quantitative estimate of drug-likeness (QED) is 0.439. The van der Waals surface area contributed by atoms with Gasteiger partial charge in [0.15, 0.2) is 5.09 Å². The summed E-state index contributed by atoms with van der Waals surface area (Å²) < 4.78 is 10.7. The molecule has 2 N–H and O–H groups in total. The smallest absolute Gasteiger partial charge is 0.160 e. The van der Waals surface area contributed by atoms with Crippen LogP contribution in [0.15, 0.2) is 58.4 Å². The number of likely N-dealkylation sites (tertiary alicyclic amines) is 1. The maximum Gasteiger partial charge on any atom is 0.160 e. The summed E-state index contributed by atoms with van der Waals surface area (Å²) in [5, 5.41) is 22.9. The van der Waals surface area contributed by atoms with Gasteiger partial charge in [-0.3, -0.25) is 4.98 Å². The zero-order valence-electron chi connectivity index (χ0n) is 18.5. The number of pyridine rings is 1. The van der Waals surface area contributed by atoms with Gasteiger partial charge in [0, 0.05) is 37.0 Å². The van der Waals surface area contributed by atoms with Crippen molar-refractivity contribution >= 4 is 22.7 Å². The number of benzene rings is 1. The fraction of sp³-hybridized carbons (Fsp3) is 0.480. The van der Waals surface area contributed by atoms with Crippen LogP contribution in [0.3, 0.4) is 0 Å². The van der Waals surface area contributed by atoms with Crippen LogP contribution >= 0.6 is 11.8 Å². The number of rotatable bonds is 10. The number of aromatic nitrogens is 1. The molecule has 4 rings (SSSR count). The fourth-order valence-corrected chi connectivity index (χ4v) is 5.51. The molecule has 7 heteroatoms. The third-order valence-corrected chi connectivity index (χ3v) is 7.41.